The third kappa shape index (κ3) is 0.809. The van der Waals surface area contributed by atoms with Gasteiger partial charge in [0.15, 0.2) is 12.7 Å². The van der Waals surface area contributed by atoms with Crippen molar-refractivity contribution in [1.82, 2.24) is 0 Å². The molecule has 0 saturated carbocycles. The SMILES string of the molecule is c1cc2c3c(c1)ccc1ccc[n+](c13)C2. The fraction of sp³-hybridized carbons (Fsp3) is 0.0714. The molecule has 70 valence electrons. The second kappa shape index (κ2) is 2.37. The lowest BCUT2D eigenvalue weighted by atomic mass is 10.0. The van der Waals surface area contributed by atoms with Crippen molar-refractivity contribution >= 4 is 21.7 Å². The summed E-state index contributed by atoms with van der Waals surface area (Å²) in [7, 11) is 0. The predicted molar refractivity (Wildman–Crippen MR) is 60.8 cm³/mol. The number of hydrogen-bond donors (Lipinski definition) is 0. The first-order valence-corrected chi connectivity index (χ1v) is 5.26. The lowest BCUT2D eigenvalue weighted by molar-refractivity contribution is -0.657. The van der Waals surface area contributed by atoms with Crippen LogP contribution in [0.15, 0.2) is 48.7 Å². The van der Waals surface area contributed by atoms with Gasteiger partial charge in [0.2, 0.25) is 5.52 Å². The van der Waals surface area contributed by atoms with Crippen molar-refractivity contribution in [2.75, 3.05) is 0 Å². The van der Waals surface area contributed by atoms with Crippen LogP contribution >= 0.6 is 0 Å². The fourth-order valence-corrected chi connectivity index (χ4v) is 2.67. The van der Waals surface area contributed by atoms with Crippen LogP contribution in [0.5, 0.6) is 0 Å². The minimum absolute atomic E-state index is 1.02. The third-order valence-corrected chi connectivity index (χ3v) is 3.31. The Hall–Kier alpha value is -1.89. The number of aromatic nitrogens is 1. The molecule has 1 aromatic heterocycles. The molecule has 2 aromatic carbocycles. The van der Waals surface area contributed by atoms with Gasteiger partial charge >= 0.3 is 0 Å². The molecule has 0 fully saturated rings. The average molecular weight is 192 g/mol. The summed E-state index contributed by atoms with van der Waals surface area (Å²) in [6, 6.07) is 15.3. The van der Waals surface area contributed by atoms with Crippen molar-refractivity contribution in [2.45, 2.75) is 6.54 Å². The Morgan fingerprint density at radius 2 is 1.73 bits per heavy atom. The van der Waals surface area contributed by atoms with Crippen LogP contribution in [-0.2, 0) is 6.54 Å². The summed E-state index contributed by atoms with van der Waals surface area (Å²) < 4.78 is 2.34. The van der Waals surface area contributed by atoms with E-state index in [9.17, 15) is 0 Å². The Morgan fingerprint density at radius 3 is 2.73 bits per heavy atom. The van der Waals surface area contributed by atoms with E-state index in [-0.39, 0.29) is 0 Å². The molecular weight excluding hydrogens is 182 g/mol. The molecule has 0 unspecified atom stereocenters. The highest BCUT2D eigenvalue weighted by molar-refractivity contribution is 6.06. The number of pyridine rings is 1. The molecule has 0 radical (unpaired) electrons. The molecule has 1 aliphatic heterocycles. The van der Waals surface area contributed by atoms with Gasteiger partial charge in [0.1, 0.15) is 0 Å². The summed E-state index contributed by atoms with van der Waals surface area (Å²) >= 11 is 0. The zero-order valence-electron chi connectivity index (χ0n) is 8.27. The smallest absolute Gasteiger partial charge is 0.193 e. The maximum atomic E-state index is 2.34. The topological polar surface area (TPSA) is 3.88 Å². The highest BCUT2D eigenvalue weighted by Crippen LogP contribution is 2.29. The maximum absolute atomic E-state index is 2.34. The van der Waals surface area contributed by atoms with Gasteiger partial charge in [-0.25, -0.2) is 0 Å². The molecule has 0 bridgehead atoms. The van der Waals surface area contributed by atoms with Crippen LogP contribution in [0.25, 0.3) is 21.7 Å². The molecule has 0 N–H and O–H groups in total. The van der Waals surface area contributed by atoms with Gasteiger partial charge < -0.3 is 0 Å². The van der Waals surface area contributed by atoms with Crippen LogP contribution in [0.1, 0.15) is 5.56 Å². The molecule has 1 nitrogen and oxygen atoms in total. The molecule has 1 aliphatic rings. The van der Waals surface area contributed by atoms with E-state index in [0.717, 1.165) is 6.54 Å². The van der Waals surface area contributed by atoms with Gasteiger partial charge in [-0.15, -0.1) is 0 Å². The van der Waals surface area contributed by atoms with E-state index in [1.54, 1.807) is 0 Å². The summed E-state index contributed by atoms with van der Waals surface area (Å²) in [6.45, 7) is 1.02. The van der Waals surface area contributed by atoms with Crippen molar-refractivity contribution in [3.8, 4) is 0 Å². The van der Waals surface area contributed by atoms with Crippen LogP contribution in [-0.4, -0.2) is 0 Å². The van der Waals surface area contributed by atoms with E-state index in [4.69, 9.17) is 0 Å². The lowest BCUT2D eigenvalue weighted by Gasteiger charge is -1.96. The van der Waals surface area contributed by atoms with E-state index in [1.165, 1.54) is 27.2 Å². The van der Waals surface area contributed by atoms with Gasteiger partial charge in [0.25, 0.3) is 0 Å². The van der Waals surface area contributed by atoms with E-state index in [1.807, 2.05) is 0 Å². The maximum Gasteiger partial charge on any atom is 0.221 e. The summed E-state index contributed by atoms with van der Waals surface area (Å²) in [5.74, 6) is 0. The van der Waals surface area contributed by atoms with Gasteiger partial charge in [0, 0.05) is 17.0 Å². The molecule has 1 heteroatoms. The van der Waals surface area contributed by atoms with Crippen LogP contribution in [0, 0.1) is 0 Å². The van der Waals surface area contributed by atoms with Crippen molar-refractivity contribution in [3.63, 3.8) is 0 Å². The van der Waals surface area contributed by atoms with Gasteiger partial charge in [0.05, 0.1) is 5.39 Å². The van der Waals surface area contributed by atoms with Crippen LogP contribution in [0.2, 0.25) is 0 Å². The van der Waals surface area contributed by atoms with Gasteiger partial charge in [-0.2, -0.15) is 4.57 Å². The first kappa shape index (κ1) is 7.41. The Balaban J connectivity index is 2.42. The second-order valence-corrected chi connectivity index (χ2v) is 4.15. The first-order chi connectivity index (χ1) is 7.43. The fourth-order valence-electron chi connectivity index (χ4n) is 2.67. The number of rotatable bonds is 0. The van der Waals surface area contributed by atoms with E-state index in [2.05, 4.69) is 53.2 Å². The van der Waals surface area contributed by atoms with Crippen LogP contribution < -0.4 is 4.57 Å². The number of nitrogens with zero attached hydrogens (tertiary/aromatic N) is 1. The molecule has 3 aromatic rings. The minimum Gasteiger partial charge on any atom is -0.193 e. The van der Waals surface area contributed by atoms with Crippen molar-refractivity contribution in [1.29, 1.82) is 0 Å². The Labute approximate surface area is 87.6 Å². The second-order valence-electron chi connectivity index (χ2n) is 4.15. The van der Waals surface area contributed by atoms with Crippen molar-refractivity contribution in [3.05, 3.63) is 54.2 Å². The number of benzene rings is 2. The molecular formula is C14H10N+. The molecule has 0 spiro atoms. The quantitative estimate of drug-likeness (QED) is 0.298. The lowest BCUT2D eigenvalue weighted by Crippen LogP contribution is -2.30. The normalized spacial score (nSPS) is 13.1. The molecule has 0 aliphatic carbocycles. The molecule has 0 atom stereocenters. The summed E-state index contributed by atoms with van der Waals surface area (Å²) in [4.78, 5) is 0. The van der Waals surface area contributed by atoms with Crippen LogP contribution in [0.4, 0.5) is 0 Å². The molecule has 2 heterocycles. The summed E-state index contributed by atoms with van der Waals surface area (Å²) in [6.07, 6.45) is 2.17. The van der Waals surface area contributed by atoms with Gasteiger partial charge in [-0.05, 0) is 17.5 Å². The highest BCUT2D eigenvalue weighted by Gasteiger charge is 2.22. The van der Waals surface area contributed by atoms with Crippen LogP contribution in [0.3, 0.4) is 0 Å². The third-order valence-electron chi connectivity index (χ3n) is 3.31. The zero-order valence-corrected chi connectivity index (χ0v) is 8.27. The summed E-state index contributed by atoms with van der Waals surface area (Å²) in [5, 5.41) is 4.14. The molecule has 0 amide bonds. The summed E-state index contributed by atoms with van der Waals surface area (Å²) in [5.41, 5.74) is 2.84. The van der Waals surface area contributed by atoms with Crippen molar-refractivity contribution in [2.24, 2.45) is 0 Å². The molecule has 4 rings (SSSR count). The first-order valence-electron chi connectivity index (χ1n) is 5.26. The zero-order chi connectivity index (χ0) is 9.83. The largest absolute Gasteiger partial charge is 0.221 e. The average Bonchev–Trinajstić information content (AvgIpc) is 2.66. The minimum atomic E-state index is 1.02. The van der Waals surface area contributed by atoms with Crippen molar-refractivity contribution < 1.29 is 4.57 Å². The van der Waals surface area contributed by atoms with Gasteiger partial charge in [-0.1, -0.05) is 24.3 Å². The molecule has 15 heavy (non-hydrogen) atoms. The highest BCUT2D eigenvalue weighted by atomic mass is 15.0. The monoisotopic (exact) mass is 192 g/mol. The van der Waals surface area contributed by atoms with Gasteiger partial charge in [-0.3, -0.25) is 0 Å². The Bertz CT molecular complexity index is 637. The predicted octanol–water partition coefficient (Wildman–Crippen LogP) is 2.64. The van der Waals surface area contributed by atoms with E-state index >= 15 is 0 Å². The standard InChI is InChI=1S/C14H10N/c1-3-10-6-7-11-5-2-8-15-9-12(4-1)13(10)14(11)15/h1-8H,9H2/q+1. The Morgan fingerprint density at radius 1 is 0.867 bits per heavy atom. The molecule has 0 saturated heterocycles. The number of hydrogen-bond acceptors (Lipinski definition) is 0. The van der Waals surface area contributed by atoms with E-state index in [0.29, 0.717) is 0 Å². The van der Waals surface area contributed by atoms with E-state index < -0.39 is 0 Å². The Kier molecular flexibility index (Phi) is 1.17.